The molecule has 14 heteroatoms. The van der Waals surface area contributed by atoms with Crippen molar-refractivity contribution in [1.82, 2.24) is 9.44 Å². The van der Waals surface area contributed by atoms with Gasteiger partial charge in [0.05, 0.1) is 34.2 Å². The number of hydrogen-bond donors (Lipinski definition) is 3. The fourth-order valence-corrected chi connectivity index (χ4v) is 5.14. The molecule has 0 bridgehead atoms. The minimum atomic E-state index is -4.74. The molecule has 3 rings (SSSR count). The zero-order valence-corrected chi connectivity index (χ0v) is 19.7. The van der Waals surface area contributed by atoms with Crippen LogP contribution in [0.15, 0.2) is 81.1 Å². The first kappa shape index (κ1) is 26.4. The summed E-state index contributed by atoms with van der Waals surface area (Å²) in [6, 6.07) is 10.1. The second-order valence-electron chi connectivity index (χ2n) is 7.29. The molecule has 0 saturated carbocycles. The van der Waals surface area contributed by atoms with Crippen molar-refractivity contribution in [2.24, 2.45) is 0 Å². The van der Waals surface area contributed by atoms with Crippen molar-refractivity contribution in [1.29, 1.82) is 0 Å². The van der Waals surface area contributed by atoms with E-state index < -0.39 is 48.6 Å². The second-order valence-corrected chi connectivity index (χ2v) is 10.8. The summed E-state index contributed by atoms with van der Waals surface area (Å²) in [5.74, 6) is -0.474. The molecule has 0 aliphatic heterocycles. The topological polar surface area (TPSA) is 135 Å². The molecule has 3 N–H and O–H groups in total. The Balaban J connectivity index is 1.68. The Hall–Kier alpha value is -3.20. The molecule has 188 valence electrons. The van der Waals surface area contributed by atoms with E-state index in [4.69, 9.17) is 4.42 Å². The normalized spacial score (nSPS) is 13.4. The summed E-state index contributed by atoms with van der Waals surface area (Å²) in [6.45, 7) is 1.09. The van der Waals surface area contributed by atoms with Gasteiger partial charge in [0.1, 0.15) is 5.76 Å². The van der Waals surface area contributed by atoms with E-state index in [0.717, 1.165) is 24.3 Å². The molecule has 3 aromatic rings. The number of alkyl halides is 3. The molecule has 9 nitrogen and oxygen atoms in total. The quantitative estimate of drug-likeness (QED) is 0.389. The van der Waals surface area contributed by atoms with Gasteiger partial charge in [-0.1, -0.05) is 12.1 Å². The largest absolute Gasteiger partial charge is 0.468 e. The minimum Gasteiger partial charge on any atom is -0.468 e. The summed E-state index contributed by atoms with van der Waals surface area (Å²) in [6.07, 6.45) is -3.35. The first-order chi connectivity index (χ1) is 16.3. The Morgan fingerprint density at radius 2 is 1.60 bits per heavy atom. The van der Waals surface area contributed by atoms with Crippen LogP contribution in [-0.2, 0) is 37.6 Å². The number of hydrogen-bond acceptors (Lipinski definition) is 6. The number of anilines is 1. The lowest BCUT2D eigenvalue weighted by Gasteiger charge is -2.16. The maximum absolute atomic E-state index is 12.9. The van der Waals surface area contributed by atoms with Gasteiger partial charge in [-0.2, -0.15) is 17.9 Å². The maximum Gasteiger partial charge on any atom is 0.416 e. The highest BCUT2D eigenvalue weighted by Crippen LogP contribution is 2.30. The van der Waals surface area contributed by atoms with Gasteiger partial charge in [0.25, 0.3) is 0 Å². The van der Waals surface area contributed by atoms with Crippen LogP contribution in [-0.4, -0.2) is 28.8 Å². The lowest BCUT2D eigenvalue weighted by atomic mass is 10.2. The average molecular weight is 532 g/mol. The molecule has 1 heterocycles. The van der Waals surface area contributed by atoms with Crippen LogP contribution in [0.2, 0.25) is 0 Å². The number of nitrogens with one attached hydrogen (secondary N) is 3. The summed E-state index contributed by atoms with van der Waals surface area (Å²) in [5, 5.41) is 2.38. The highest BCUT2D eigenvalue weighted by atomic mass is 32.2. The van der Waals surface area contributed by atoms with Gasteiger partial charge < -0.3 is 9.73 Å². The molecule has 2 aromatic carbocycles. The molecule has 0 saturated heterocycles. The second kappa shape index (κ2) is 10.2. The molecule has 0 spiro atoms. The Morgan fingerprint density at radius 1 is 0.943 bits per heavy atom. The zero-order valence-electron chi connectivity index (χ0n) is 18.0. The van der Waals surface area contributed by atoms with Gasteiger partial charge in [-0.3, -0.25) is 4.79 Å². The maximum atomic E-state index is 12.9. The molecular formula is C21H20F3N3O6S2. The van der Waals surface area contributed by atoms with E-state index in [1.165, 1.54) is 31.4 Å². The van der Waals surface area contributed by atoms with Gasteiger partial charge in [0.2, 0.25) is 26.0 Å². The fourth-order valence-electron chi connectivity index (χ4n) is 2.85. The molecule has 1 amide bonds. The van der Waals surface area contributed by atoms with E-state index in [-0.39, 0.29) is 17.1 Å². The third-order valence-electron chi connectivity index (χ3n) is 4.63. The summed E-state index contributed by atoms with van der Waals surface area (Å²) in [5.41, 5.74) is -1.10. The van der Waals surface area contributed by atoms with Crippen LogP contribution >= 0.6 is 0 Å². The first-order valence-electron chi connectivity index (χ1n) is 9.90. The van der Waals surface area contributed by atoms with Crippen molar-refractivity contribution in [2.45, 2.75) is 35.5 Å². The number of rotatable bonds is 9. The van der Waals surface area contributed by atoms with Crippen molar-refractivity contribution in [3.05, 3.63) is 78.3 Å². The molecule has 35 heavy (non-hydrogen) atoms. The predicted octanol–water partition coefficient (Wildman–Crippen LogP) is 3.08. The number of carbonyl (C=O) groups is 1. The number of sulfonamides is 2. The molecule has 0 aliphatic carbocycles. The van der Waals surface area contributed by atoms with E-state index in [9.17, 15) is 34.8 Å². The van der Waals surface area contributed by atoms with Crippen molar-refractivity contribution in [3.8, 4) is 0 Å². The molecule has 0 fully saturated rings. The summed E-state index contributed by atoms with van der Waals surface area (Å²) >= 11 is 0. The smallest absolute Gasteiger partial charge is 0.416 e. The third kappa shape index (κ3) is 6.91. The van der Waals surface area contributed by atoms with Crippen LogP contribution in [0.3, 0.4) is 0 Å². The van der Waals surface area contributed by atoms with Crippen LogP contribution in [0.1, 0.15) is 18.2 Å². The Morgan fingerprint density at radius 3 is 2.23 bits per heavy atom. The molecule has 0 aliphatic rings. The van der Waals surface area contributed by atoms with E-state index >= 15 is 0 Å². The lowest BCUT2D eigenvalue weighted by Crippen LogP contribution is -2.41. The van der Waals surface area contributed by atoms with Crippen molar-refractivity contribution < 1.29 is 39.2 Å². The molecule has 0 radical (unpaired) electrons. The van der Waals surface area contributed by atoms with Crippen LogP contribution < -0.4 is 14.8 Å². The lowest BCUT2D eigenvalue weighted by molar-refractivity contribution is -0.137. The van der Waals surface area contributed by atoms with Gasteiger partial charge in [0, 0.05) is 5.69 Å². The standard InChI is InChI=1S/C21H20F3N3O6S2/c1-14(27-35(31,32)18-8-2-5-15(11-18)21(22,23)24)20(28)26-16-6-3-9-19(12-16)34(29,30)25-13-17-7-4-10-33-17/h2-12,14,25,27H,13H2,1H3,(H,26,28). The number of furan rings is 1. The Kier molecular flexibility index (Phi) is 7.69. The summed E-state index contributed by atoms with van der Waals surface area (Å²) in [7, 11) is -8.43. The number of carbonyl (C=O) groups excluding carboxylic acids is 1. The Bertz CT molecular complexity index is 1410. The zero-order chi connectivity index (χ0) is 25.9. The number of benzene rings is 2. The van der Waals surface area contributed by atoms with Crippen LogP contribution in [0.5, 0.6) is 0 Å². The molecule has 1 unspecified atom stereocenters. The summed E-state index contributed by atoms with van der Waals surface area (Å²) < 4.78 is 98.1. The highest BCUT2D eigenvalue weighted by molar-refractivity contribution is 7.89. The van der Waals surface area contributed by atoms with Crippen LogP contribution in [0, 0.1) is 0 Å². The van der Waals surface area contributed by atoms with Crippen molar-refractivity contribution >= 4 is 31.6 Å². The minimum absolute atomic E-state index is 0.0565. The monoisotopic (exact) mass is 531 g/mol. The Labute approximate surface area is 199 Å². The van der Waals surface area contributed by atoms with Crippen LogP contribution in [0.4, 0.5) is 18.9 Å². The van der Waals surface area contributed by atoms with E-state index in [0.29, 0.717) is 11.8 Å². The first-order valence-corrected chi connectivity index (χ1v) is 12.9. The van der Waals surface area contributed by atoms with E-state index in [2.05, 4.69) is 10.0 Å². The van der Waals surface area contributed by atoms with E-state index in [1.54, 1.807) is 12.1 Å². The average Bonchev–Trinajstić information content (AvgIpc) is 3.31. The van der Waals surface area contributed by atoms with E-state index in [1.807, 2.05) is 4.72 Å². The molecule has 1 atom stereocenters. The summed E-state index contributed by atoms with van der Waals surface area (Å²) in [4.78, 5) is 11.7. The number of amides is 1. The highest BCUT2D eigenvalue weighted by Gasteiger charge is 2.32. The number of halogens is 3. The van der Waals surface area contributed by atoms with Gasteiger partial charge in [0.15, 0.2) is 0 Å². The molecular weight excluding hydrogens is 511 g/mol. The fraction of sp³-hybridized carbons (Fsp3) is 0.190. The molecule has 1 aromatic heterocycles. The van der Waals surface area contributed by atoms with Gasteiger partial charge in [-0.25, -0.2) is 21.6 Å². The van der Waals surface area contributed by atoms with Gasteiger partial charge in [-0.05, 0) is 55.5 Å². The van der Waals surface area contributed by atoms with Gasteiger partial charge in [-0.15, -0.1) is 0 Å². The SMILES string of the molecule is CC(NS(=O)(=O)c1cccc(C(F)(F)F)c1)C(=O)Nc1cccc(S(=O)(=O)NCc2ccco2)c1. The van der Waals surface area contributed by atoms with Crippen molar-refractivity contribution in [2.75, 3.05) is 5.32 Å². The van der Waals surface area contributed by atoms with Crippen LogP contribution in [0.25, 0.3) is 0 Å². The third-order valence-corrected chi connectivity index (χ3v) is 7.56. The predicted molar refractivity (Wildman–Crippen MR) is 119 cm³/mol. The van der Waals surface area contributed by atoms with Crippen molar-refractivity contribution in [3.63, 3.8) is 0 Å². The van der Waals surface area contributed by atoms with Gasteiger partial charge >= 0.3 is 6.18 Å².